The molecule has 0 amide bonds. The van der Waals surface area contributed by atoms with E-state index in [1.54, 1.807) is 18.2 Å². The first kappa shape index (κ1) is 11.6. The molecular formula is C9H10ClFN4. The van der Waals surface area contributed by atoms with Gasteiger partial charge in [0.05, 0.1) is 11.9 Å². The van der Waals surface area contributed by atoms with Crippen LogP contribution in [0.4, 0.5) is 4.39 Å². The molecule has 2 rings (SSSR count). The molecule has 0 aliphatic carbocycles. The van der Waals surface area contributed by atoms with Crippen LogP contribution < -0.4 is 5.73 Å². The molecule has 15 heavy (non-hydrogen) atoms. The molecule has 2 aromatic rings. The Labute approximate surface area is 92.3 Å². The van der Waals surface area contributed by atoms with Gasteiger partial charge in [-0.05, 0) is 12.1 Å². The van der Waals surface area contributed by atoms with Crippen LogP contribution in [0, 0.1) is 5.82 Å². The van der Waals surface area contributed by atoms with Crippen LogP contribution in [0.25, 0.3) is 5.69 Å². The van der Waals surface area contributed by atoms with Crippen LogP contribution in [-0.4, -0.2) is 15.0 Å². The number of halogens is 2. The Morgan fingerprint density at radius 1 is 1.33 bits per heavy atom. The number of benzene rings is 1. The second kappa shape index (κ2) is 4.86. The Kier molecular flexibility index (Phi) is 3.76. The summed E-state index contributed by atoms with van der Waals surface area (Å²) in [5.74, 6) is -0.355. The first-order valence-electron chi connectivity index (χ1n) is 4.17. The van der Waals surface area contributed by atoms with Crippen molar-refractivity contribution in [3.8, 4) is 5.69 Å². The van der Waals surface area contributed by atoms with Crippen molar-refractivity contribution in [2.24, 2.45) is 5.73 Å². The summed E-state index contributed by atoms with van der Waals surface area (Å²) in [6, 6.07) is 6.31. The number of para-hydroxylation sites is 1. The highest BCUT2D eigenvalue weighted by molar-refractivity contribution is 5.85. The van der Waals surface area contributed by atoms with Crippen LogP contribution in [-0.2, 0) is 6.54 Å². The van der Waals surface area contributed by atoms with E-state index in [1.807, 2.05) is 0 Å². The van der Waals surface area contributed by atoms with Gasteiger partial charge in [-0.2, -0.15) is 10.2 Å². The molecule has 0 bridgehead atoms. The molecule has 6 heteroatoms. The van der Waals surface area contributed by atoms with E-state index in [0.717, 1.165) is 0 Å². The molecule has 1 aromatic heterocycles. The Hall–Kier alpha value is -1.46. The van der Waals surface area contributed by atoms with E-state index in [0.29, 0.717) is 17.9 Å². The highest BCUT2D eigenvalue weighted by Gasteiger charge is 2.05. The Morgan fingerprint density at radius 2 is 2.07 bits per heavy atom. The third-order valence-corrected chi connectivity index (χ3v) is 1.82. The summed E-state index contributed by atoms with van der Waals surface area (Å²) in [7, 11) is 0. The maximum Gasteiger partial charge on any atom is 0.150 e. The van der Waals surface area contributed by atoms with E-state index in [9.17, 15) is 4.39 Å². The van der Waals surface area contributed by atoms with Crippen LogP contribution in [0.5, 0.6) is 0 Å². The normalized spacial score (nSPS) is 9.73. The van der Waals surface area contributed by atoms with E-state index in [1.165, 1.54) is 17.1 Å². The summed E-state index contributed by atoms with van der Waals surface area (Å²) < 4.78 is 13.3. The monoisotopic (exact) mass is 228 g/mol. The third kappa shape index (κ3) is 2.31. The summed E-state index contributed by atoms with van der Waals surface area (Å²) in [4.78, 5) is 1.23. The lowest BCUT2D eigenvalue weighted by molar-refractivity contribution is 0.595. The fourth-order valence-electron chi connectivity index (χ4n) is 1.12. The van der Waals surface area contributed by atoms with Crippen molar-refractivity contribution in [2.75, 3.05) is 0 Å². The summed E-state index contributed by atoms with van der Waals surface area (Å²) in [6.45, 7) is 0.300. The van der Waals surface area contributed by atoms with Crippen LogP contribution in [0.1, 0.15) is 5.69 Å². The minimum atomic E-state index is -0.355. The van der Waals surface area contributed by atoms with Crippen molar-refractivity contribution in [1.29, 1.82) is 0 Å². The van der Waals surface area contributed by atoms with Gasteiger partial charge in [0.25, 0.3) is 0 Å². The molecule has 1 heterocycles. The zero-order chi connectivity index (χ0) is 9.97. The predicted molar refractivity (Wildman–Crippen MR) is 56.5 cm³/mol. The van der Waals surface area contributed by atoms with Crippen molar-refractivity contribution < 1.29 is 4.39 Å². The quantitative estimate of drug-likeness (QED) is 0.843. The number of hydrogen-bond donors (Lipinski definition) is 1. The molecule has 0 radical (unpaired) electrons. The van der Waals surface area contributed by atoms with Crippen molar-refractivity contribution in [3.05, 3.63) is 42.0 Å². The van der Waals surface area contributed by atoms with Gasteiger partial charge < -0.3 is 5.73 Å². The smallest absolute Gasteiger partial charge is 0.150 e. The largest absolute Gasteiger partial charge is 0.325 e. The third-order valence-electron chi connectivity index (χ3n) is 1.82. The van der Waals surface area contributed by atoms with Gasteiger partial charge in [-0.3, -0.25) is 0 Å². The van der Waals surface area contributed by atoms with Crippen molar-refractivity contribution in [1.82, 2.24) is 15.0 Å². The molecule has 0 saturated carbocycles. The Morgan fingerprint density at radius 3 is 2.67 bits per heavy atom. The standard InChI is InChI=1S/C9H9FN4.ClH/c10-8-3-1-2-4-9(8)14-12-6-7(5-11)13-14;/h1-4,6H,5,11H2;1H. The second-order valence-corrected chi connectivity index (χ2v) is 2.78. The van der Waals surface area contributed by atoms with Crippen molar-refractivity contribution in [3.63, 3.8) is 0 Å². The van der Waals surface area contributed by atoms with Gasteiger partial charge in [0.1, 0.15) is 5.69 Å². The lowest BCUT2D eigenvalue weighted by atomic mass is 10.3. The summed E-state index contributed by atoms with van der Waals surface area (Å²) in [6.07, 6.45) is 1.52. The van der Waals surface area contributed by atoms with Crippen LogP contribution >= 0.6 is 12.4 Å². The number of nitrogens with two attached hydrogens (primary N) is 1. The predicted octanol–water partition coefficient (Wildman–Crippen LogP) is 1.29. The highest BCUT2D eigenvalue weighted by Crippen LogP contribution is 2.09. The Balaban J connectivity index is 0.00000112. The van der Waals surface area contributed by atoms with Crippen LogP contribution in [0.2, 0.25) is 0 Å². The lowest BCUT2D eigenvalue weighted by Gasteiger charge is -1.99. The zero-order valence-electron chi connectivity index (χ0n) is 7.80. The molecule has 80 valence electrons. The molecule has 0 atom stereocenters. The number of hydrogen-bond acceptors (Lipinski definition) is 3. The molecule has 1 aromatic carbocycles. The van der Waals surface area contributed by atoms with Gasteiger partial charge >= 0.3 is 0 Å². The molecule has 0 spiro atoms. The first-order chi connectivity index (χ1) is 6.81. The average molecular weight is 229 g/mol. The van der Waals surface area contributed by atoms with Gasteiger partial charge in [-0.15, -0.1) is 17.2 Å². The van der Waals surface area contributed by atoms with Gasteiger partial charge in [0.2, 0.25) is 0 Å². The molecule has 4 nitrogen and oxygen atoms in total. The fourth-order valence-corrected chi connectivity index (χ4v) is 1.12. The van der Waals surface area contributed by atoms with E-state index in [4.69, 9.17) is 5.73 Å². The molecule has 0 saturated heterocycles. The molecule has 0 aliphatic rings. The van der Waals surface area contributed by atoms with E-state index in [2.05, 4.69) is 10.2 Å². The SMILES string of the molecule is Cl.NCc1cnn(-c2ccccc2F)n1. The van der Waals surface area contributed by atoms with E-state index in [-0.39, 0.29) is 18.2 Å². The maximum absolute atomic E-state index is 13.3. The Bertz CT molecular complexity index is 443. The molecule has 2 N–H and O–H groups in total. The molecule has 0 aliphatic heterocycles. The first-order valence-corrected chi connectivity index (χ1v) is 4.17. The van der Waals surface area contributed by atoms with Gasteiger partial charge in [0, 0.05) is 6.54 Å². The number of aromatic nitrogens is 3. The summed E-state index contributed by atoms with van der Waals surface area (Å²) in [5.41, 5.74) is 6.33. The van der Waals surface area contributed by atoms with Crippen LogP contribution in [0.15, 0.2) is 30.5 Å². The topological polar surface area (TPSA) is 56.7 Å². The van der Waals surface area contributed by atoms with Crippen LogP contribution in [0.3, 0.4) is 0 Å². The minimum Gasteiger partial charge on any atom is -0.325 e. The maximum atomic E-state index is 13.3. The molecule has 0 unspecified atom stereocenters. The van der Waals surface area contributed by atoms with Gasteiger partial charge in [-0.25, -0.2) is 4.39 Å². The van der Waals surface area contributed by atoms with Crippen molar-refractivity contribution in [2.45, 2.75) is 6.54 Å². The number of nitrogens with zero attached hydrogens (tertiary/aromatic N) is 3. The molecular weight excluding hydrogens is 219 g/mol. The lowest BCUT2D eigenvalue weighted by Crippen LogP contribution is -2.03. The fraction of sp³-hybridized carbons (Fsp3) is 0.111. The van der Waals surface area contributed by atoms with Crippen molar-refractivity contribution >= 4 is 12.4 Å². The minimum absolute atomic E-state index is 0. The second-order valence-electron chi connectivity index (χ2n) is 2.78. The average Bonchev–Trinajstić information content (AvgIpc) is 2.67. The van der Waals surface area contributed by atoms with Gasteiger partial charge in [-0.1, -0.05) is 12.1 Å². The van der Waals surface area contributed by atoms with Gasteiger partial charge in [0.15, 0.2) is 5.82 Å². The van der Waals surface area contributed by atoms with E-state index >= 15 is 0 Å². The highest BCUT2D eigenvalue weighted by atomic mass is 35.5. The summed E-state index contributed by atoms with van der Waals surface area (Å²) in [5, 5.41) is 7.90. The molecule has 0 fully saturated rings. The zero-order valence-corrected chi connectivity index (χ0v) is 8.62. The van der Waals surface area contributed by atoms with E-state index < -0.39 is 0 Å². The summed E-state index contributed by atoms with van der Waals surface area (Å²) >= 11 is 0. The number of rotatable bonds is 2.